The maximum absolute atomic E-state index is 10.6. The van der Waals surface area contributed by atoms with Crippen LogP contribution in [0.15, 0.2) is 12.7 Å². The van der Waals surface area contributed by atoms with Crippen molar-refractivity contribution in [3.63, 3.8) is 0 Å². The molecule has 6 heteroatoms. The molecule has 0 aromatic carbocycles. The first-order valence-electron chi connectivity index (χ1n) is 2.55. The number of aliphatic hydroxyl groups is 1. The van der Waals surface area contributed by atoms with Gasteiger partial charge in [-0.2, -0.15) is 0 Å². The number of hydrogen-bond donors (Lipinski definition) is 2. The maximum atomic E-state index is 10.6. The first kappa shape index (κ1) is 11.6. The van der Waals surface area contributed by atoms with Gasteiger partial charge in [0.05, 0.1) is 0 Å². The smallest absolute Gasteiger partial charge is 0.245 e. The Bertz CT molecular complexity index is 166. The molecule has 0 aliphatic rings. The van der Waals surface area contributed by atoms with Crippen molar-refractivity contribution in [3.05, 3.63) is 12.7 Å². The number of amides is 1. The van der Waals surface area contributed by atoms with E-state index >= 15 is 0 Å². The van der Waals surface area contributed by atoms with E-state index in [4.69, 9.17) is 5.11 Å². The van der Waals surface area contributed by atoms with Gasteiger partial charge in [0, 0.05) is 0 Å². The summed E-state index contributed by atoms with van der Waals surface area (Å²) in [5.41, 5.74) is 0. The number of hydrogen-bond acceptors (Lipinski definition) is 2. The van der Waals surface area contributed by atoms with E-state index in [2.05, 4.69) is 59.7 Å². The summed E-state index contributed by atoms with van der Waals surface area (Å²) in [6.07, 6.45) is -0.00454. The van der Waals surface area contributed by atoms with Crippen molar-refractivity contribution in [3.8, 4) is 0 Å². The highest BCUT2D eigenvalue weighted by Crippen LogP contribution is 2.35. The van der Waals surface area contributed by atoms with Crippen LogP contribution in [0.3, 0.4) is 0 Å². The minimum absolute atomic E-state index is 0.444. The number of aliphatic hydroxyl groups excluding tert-OH is 1. The van der Waals surface area contributed by atoms with Gasteiger partial charge >= 0.3 is 0 Å². The summed E-state index contributed by atoms with van der Waals surface area (Å²) in [5, 5.41) is 11.4. The number of nitrogens with one attached hydrogen (secondary N) is 1. The Morgan fingerprint density at radius 1 is 1.64 bits per heavy atom. The SMILES string of the molecule is C=CC(=O)N[C@H](O)C(Br)(Br)Br. The minimum atomic E-state index is -1.08. The van der Waals surface area contributed by atoms with Crippen molar-refractivity contribution in [2.45, 2.75) is 8.37 Å². The second-order valence-corrected chi connectivity index (χ2v) is 8.60. The largest absolute Gasteiger partial charge is 0.370 e. The summed E-state index contributed by atoms with van der Waals surface area (Å²) in [6, 6.07) is 0. The van der Waals surface area contributed by atoms with Gasteiger partial charge in [0.25, 0.3) is 0 Å². The van der Waals surface area contributed by atoms with E-state index in [9.17, 15) is 4.79 Å². The first-order valence-corrected chi connectivity index (χ1v) is 4.93. The highest BCUT2D eigenvalue weighted by atomic mass is 80.0. The lowest BCUT2D eigenvalue weighted by molar-refractivity contribution is -0.119. The topological polar surface area (TPSA) is 49.3 Å². The molecule has 0 aromatic rings. The fourth-order valence-electron chi connectivity index (χ4n) is 0.276. The Morgan fingerprint density at radius 3 is 2.36 bits per heavy atom. The quantitative estimate of drug-likeness (QED) is 0.449. The molecule has 0 aliphatic heterocycles. The Hall–Kier alpha value is 0.610. The fraction of sp³-hybridized carbons (Fsp3) is 0.400. The lowest BCUT2D eigenvalue weighted by Crippen LogP contribution is -2.41. The zero-order valence-electron chi connectivity index (χ0n) is 5.35. The number of halogens is 3. The Kier molecular flexibility index (Phi) is 4.85. The van der Waals surface area contributed by atoms with Gasteiger partial charge in [-0.15, -0.1) is 0 Å². The monoisotopic (exact) mass is 349 g/mol. The predicted octanol–water partition coefficient (Wildman–Crippen LogP) is 1.45. The van der Waals surface area contributed by atoms with Gasteiger partial charge in [-0.05, 0) is 6.08 Å². The van der Waals surface area contributed by atoms with E-state index in [1.165, 1.54) is 0 Å². The average molecular weight is 352 g/mol. The van der Waals surface area contributed by atoms with Crippen LogP contribution in [-0.2, 0) is 4.79 Å². The third-order valence-electron chi connectivity index (χ3n) is 0.774. The molecule has 11 heavy (non-hydrogen) atoms. The third kappa shape index (κ3) is 4.95. The van der Waals surface area contributed by atoms with Crippen molar-refractivity contribution in [1.82, 2.24) is 5.32 Å². The maximum Gasteiger partial charge on any atom is 0.245 e. The molecule has 0 bridgehead atoms. The number of alkyl halides is 3. The summed E-state index contributed by atoms with van der Waals surface area (Å²) in [7, 11) is 0. The van der Waals surface area contributed by atoms with E-state index in [1.54, 1.807) is 0 Å². The molecular weight excluding hydrogens is 346 g/mol. The second kappa shape index (κ2) is 4.59. The van der Waals surface area contributed by atoms with E-state index in [0.717, 1.165) is 6.08 Å². The molecule has 0 aromatic heterocycles. The normalized spacial score (nSPS) is 13.8. The molecule has 1 amide bonds. The molecule has 0 aliphatic carbocycles. The molecule has 0 fully saturated rings. The van der Waals surface area contributed by atoms with Gasteiger partial charge in [0.15, 0.2) is 8.37 Å². The molecule has 0 saturated carbocycles. The van der Waals surface area contributed by atoms with Crippen LogP contribution in [0.5, 0.6) is 0 Å². The highest BCUT2D eigenvalue weighted by molar-refractivity contribution is 9.39. The highest BCUT2D eigenvalue weighted by Gasteiger charge is 2.29. The molecule has 2 N–H and O–H groups in total. The van der Waals surface area contributed by atoms with Crippen molar-refractivity contribution in [2.75, 3.05) is 0 Å². The molecular formula is C5H6Br3NO2. The van der Waals surface area contributed by atoms with Crippen LogP contribution in [0.25, 0.3) is 0 Å². The summed E-state index contributed by atoms with van der Waals surface area (Å²) in [4.78, 5) is 10.6. The van der Waals surface area contributed by atoms with Gasteiger partial charge < -0.3 is 10.4 Å². The van der Waals surface area contributed by atoms with Crippen molar-refractivity contribution < 1.29 is 9.90 Å². The van der Waals surface area contributed by atoms with Gasteiger partial charge in [0.1, 0.15) is 0 Å². The van der Waals surface area contributed by atoms with Gasteiger partial charge in [-0.3, -0.25) is 4.79 Å². The molecule has 1 atom stereocenters. The summed E-state index contributed by atoms with van der Waals surface area (Å²) in [5.74, 6) is -0.444. The molecule has 3 nitrogen and oxygen atoms in total. The number of rotatable bonds is 2. The molecule has 0 spiro atoms. The first-order chi connectivity index (χ1) is 4.88. The van der Waals surface area contributed by atoms with Crippen molar-refractivity contribution in [1.29, 1.82) is 0 Å². The predicted molar refractivity (Wildman–Crippen MR) is 53.9 cm³/mol. The Morgan fingerprint density at radius 2 is 2.09 bits per heavy atom. The van der Waals surface area contributed by atoms with E-state index in [1.807, 2.05) is 0 Å². The standard InChI is InChI=1S/C5H6Br3NO2/c1-2-3(10)9-4(11)5(6,7)8/h2,4,11H,1H2,(H,9,10)/t4-/m1/s1. The average Bonchev–Trinajstić information content (AvgIpc) is 1.85. The molecule has 0 rings (SSSR count). The van der Waals surface area contributed by atoms with Gasteiger partial charge in [0.2, 0.25) is 5.91 Å². The molecule has 0 saturated heterocycles. The van der Waals surface area contributed by atoms with Crippen LogP contribution < -0.4 is 5.32 Å². The van der Waals surface area contributed by atoms with Crippen LogP contribution in [0, 0.1) is 0 Å². The van der Waals surface area contributed by atoms with Crippen LogP contribution >= 0.6 is 47.8 Å². The molecule has 64 valence electrons. The van der Waals surface area contributed by atoms with E-state index in [-0.39, 0.29) is 0 Å². The van der Waals surface area contributed by atoms with Crippen LogP contribution in [-0.4, -0.2) is 19.4 Å². The van der Waals surface area contributed by atoms with Crippen LogP contribution in [0.1, 0.15) is 0 Å². The summed E-state index contributed by atoms with van der Waals surface area (Å²) < 4.78 is -0.897. The van der Waals surface area contributed by atoms with Crippen LogP contribution in [0.4, 0.5) is 0 Å². The lowest BCUT2D eigenvalue weighted by atomic mass is 10.5. The Labute approximate surface area is 89.6 Å². The zero-order valence-corrected chi connectivity index (χ0v) is 10.1. The number of carbonyl (C=O) groups is 1. The zero-order chi connectivity index (χ0) is 9.07. The van der Waals surface area contributed by atoms with E-state index in [0.29, 0.717) is 0 Å². The molecule has 0 heterocycles. The summed E-state index contributed by atoms with van der Waals surface area (Å²) in [6.45, 7) is 3.23. The van der Waals surface area contributed by atoms with Crippen LogP contribution in [0.2, 0.25) is 0 Å². The van der Waals surface area contributed by atoms with E-state index < -0.39 is 14.3 Å². The second-order valence-electron chi connectivity index (χ2n) is 1.66. The molecule has 0 radical (unpaired) electrons. The third-order valence-corrected chi connectivity index (χ3v) is 2.08. The summed E-state index contributed by atoms with van der Waals surface area (Å²) >= 11 is 9.11. The number of carbonyl (C=O) groups excluding carboxylic acids is 1. The Balaban J connectivity index is 3.97. The minimum Gasteiger partial charge on any atom is -0.370 e. The lowest BCUT2D eigenvalue weighted by Gasteiger charge is -2.20. The van der Waals surface area contributed by atoms with Crippen molar-refractivity contribution >= 4 is 53.7 Å². The molecule has 0 unspecified atom stereocenters. The van der Waals surface area contributed by atoms with Gasteiger partial charge in [-0.25, -0.2) is 0 Å². The fourth-order valence-corrected chi connectivity index (χ4v) is 0.619. The van der Waals surface area contributed by atoms with Gasteiger partial charge in [-0.1, -0.05) is 54.4 Å². The van der Waals surface area contributed by atoms with Crippen molar-refractivity contribution in [2.24, 2.45) is 0 Å².